The zero-order valence-corrected chi connectivity index (χ0v) is 16.5. The molecule has 0 saturated heterocycles. The number of fused-ring (bicyclic) bond motifs is 1. The van der Waals surface area contributed by atoms with Gasteiger partial charge in [-0.05, 0) is 86.1 Å². The van der Waals surface area contributed by atoms with Crippen LogP contribution in [0.3, 0.4) is 0 Å². The van der Waals surface area contributed by atoms with Crippen molar-refractivity contribution in [1.29, 1.82) is 0 Å². The van der Waals surface area contributed by atoms with Crippen molar-refractivity contribution >= 4 is 22.4 Å². The van der Waals surface area contributed by atoms with Crippen LogP contribution in [0.4, 0.5) is 0 Å². The third-order valence-corrected chi connectivity index (χ3v) is 7.24. The van der Waals surface area contributed by atoms with Gasteiger partial charge in [0.1, 0.15) is 5.75 Å². The third kappa shape index (κ3) is 3.30. The Labute approximate surface area is 166 Å². The number of hydrazone groups is 1. The molecule has 4 saturated carbocycles. The molecule has 28 heavy (non-hydrogen) atoms. The normalized spacial score (nSPS) is 31.2. The van der Waals surface area contributed by atoms with E-state index in [0.29, 0.717) is 5.75 Å². The number of nitrogens with one attached hydrogen (secondary N) is 1. The highest BCUT2D eigenvalue weighted by Crippen LogP contribution is 2.60. The standard InChI is InChI=1S/C24H28N2O2/c1-16(24-12-17-8-18(13-24)10-19(9-17)14-24)25-26-23(27)15-28-22-7-6-20-4-2-3-5-21(20)11-22/h2-7,11,17-19H,8-10,12-15H2,1H3,(H,26,27)/b25-16-. The van der Waals surface area contributed by atoms with Gasteiger partial charge in [-0.15, -0.1) is 0 Å². The first-order valence-corrected chi connectivity index (χ1v) is 10.5. The van der Waals surface area contributed by atoms with Gasteiger partial charge in [-0.2, -0.15) is 5.10 Å². The van der Waals surface area contributed by atoms with E-state index < -0.39 is 0 Å². The molecule has 146 valence electrons. The SMILES string of the molecule is C/C(=N/NC(=O)COc1ccc2ccccc2c1)C12CC3CC(CC(C3)C1)C2. The summed E-state index contributed by atoms with van der Waals surface area (Å²) in [6.07, 6.45) is 8.03. The molecule has 2 aromatic carbocycles. The van der Waals surface area contributed by atoms with Crippen molar-refractivity contribution in [3.05, 3.63) is 42.5 Å². The Kier molecular flexibility index (Phi) is 4.37. The number of benzene rings is 2. The predicted molar refractivity (Wildman–Crippen MR) is 111 cm³/mol. The lowest BCUT2D eigenvalue weighted by Crippen LogP contribution is -2.49. The van der Waals surface area contributed by atoms with Crippen LogP contribution in [-0.2, 0) is 4.79 Å². The zero-order valence-electron chi connectivity index (χ0n) is 16.5. The van der Waals surface area contributed by atoms with Crippen LogP contribution in [0.15, 0.2) is 47.6 Å². The number of nitrogens with zero attached hydrogens (tertiary/aromatic N) is 1. The molecule has 4 nitrogen and oxygen atoms in total. The Hall–Kier alpha value is -2.36. The van der Waals surface area contributed by atoms with Crippen LogP contribution < -0.4 is 10.2 Å². The van der Waals surface area contributed by atoms with E-state index in [1.165, 1.54) is 38.5 Å². The number of carbonyl (C=O) groups excluding carboxylic acids is 1. The van der Waals surface area contributed by atoms with Crippen molar-refractivity contribution in [3.8, 4) is 5.75 Å². The number of rotatable bonds is 5. The molecule has 6 rings (SSSR count). The molecule has 0 unspecified atom stereocenters. The molecule has 0 heterocycles. The Morgan fingerprint density at radius 2 is 1.68 bits per heavy atom. The Morgan fingerprint density at radius 3 is 2.36 bits per heavy atom. The van der Waals surface area contributed by atoms with Crippen LogP contribution in [0, 0.1) is 23.2 Å². The van der Waals surface area contributed by atoms with E-state index in [-0.39, 0.29) is 17.9 Å². The molecule has 1 N–H and O–H groups in total. The summed E-state index contributed by atoms with van der Waals surface area (Å²) in [5.74, 6) is 3.14. The minimum absolute atomic E-state index is 0.0179. The highest BCUT2D eigenvalue weighted by Gasteiger charge is 2.52. The van der Waals surface area contributed by atoms with E-state index in [2.05, 4.69) is 23.5 Å². The number of ether oxygens (including phenoxy) is 1. The minimum Gasteiger partial charge on any atom is -0.484 e. The summed E-state index contributed by atoms with van der Waals surface area (Å²) in [7, 11) is 0. The number of carbonyl (C=O) groups is 1. The Bertz CT molecular complexity index is 898. The van der Waals surface area contributed by atoms with Gasteiger partial charge in [0, 0.05) is 11.1 Å². The van der Waals surface area contributed by atoms with Gasteiger partial charge in [-0.3, -0.25) is 4.79 Å². The molecule has 4 fully saturated rings. The number of hydrogen-bond acceptors (Lipinski definition) is 3. The van der Waals surface area contributed by atoms with Crippen molar-refractivity contribution in [1.82, 2.24) is 5.43 Å². The Morgan fingerprint density at radius 1 is 1.04 bits per heavy atom. The zero-order chi connectivity index (χ0) is 19.1. The van der Waals surface area contributed by atoms with E-state index in [0.717, 1.165) is 34.2 Å². The highest BCUT2D eigenvalue weighted by atomic mass is 16.5. The van der Waals surface area contributed by atoms with E-state index >= 15 is 0 Å². The van der Waals surface area contributed by atoms with Crippen LogP contribution in [0.1, 0.15) is 45.4 Å². The molecule has 4 aliphatic carbocycles. The van der Waals surface area contributed by atoms with Crippen molar-refractivity contribution < 1.29 is 9.53 Å². The first-order chi connectivity index (χ1) is 13.6. The second-order valence-corrected chi connectivity index (χ2v) is 9.23. The molecule has 0 spiro atoms. The molecule has 1 amide bonds. The molecule has 0 atom stereocenters. The van der Waals surface area contributed by atoms with Gasteiger partial charge in [-0.1, -0.05) is 30.3 Å². The quantitative estimate of drug-likeness (QED) is 0.594. The largest absolute Gasteiger partial charge is 0.484 e. The number of hydrogen-bond donors (Lipinski definition) is 1. The summed E-state index contributed by atoms with van der Waals surface area (Å²) < 4.78 is 5.68. The van der Waals surface area contributed by atoms with Crippen LogP contribution in [0.25, 0.3) is 10.8 Å². The van der Waals surface area contributed by atoms with Crippen LogP contribution in [0.2, 0.25) is 0 Å². The first-order valence-electron chi connectivity index (χ1n) is 10.5. The molecular formula is C24H28N2O2. The fourth-order valence-electron chi connectivity index (χ4n) is 6.26. The maximum Gasteiger partial charge on any atom is 0.277 e. The van der Waals surface area contributed by atoms with Gasteiger partial charge in [0.25, 0.3) is 5.91 Å². The second-order valence-electron chi connectivity index (χ2n) is 9.23. The maximum absolute atomic E-state index is 12.3. The topological polar surface area (TPSA) is 50.7 Å². The van der Waals surface area contributed by atoms with E-state index in [1.54, 1.807) is 0 Å². The predicted octanol–water partition coefficient (Wildman–Crippen LogP) is 4.93. The molecular weight excluding hydrogens is 348 g/mol. The van der Waals surface area contributed by atoms with Crippen LogP contribution >= 0.6 is 0 Å². The minimum atomic E-state index is -0.197. The second kappa shape index (κ2) is 6.91. The van der Waals surface area contributed by atoms with Crippen LogP contribution in [0.5, 0.6) is 5.75 Å². The molecule has 4 bridgehead atoms. The molecule has 2 aromatic rings. The first kappa shape index (κ1) is 17.7. The summed E-state index contributed by atoms with van der Waals surface area (Å²) >= 11 is 0. The molecule has 0 radical (unpaired) electrons. The van der Waals surface area contributed by atoms with E-state index in [9.17, 15) is 4.79 Å². The lowest BCUT2D eigenvalue weighted by Gasteiger charge is -2.56. The average molecular weight is 377 g/mol. The van der Waals surface area contributed by atoms with Gasteiger partial charge < -0.3 is 4.74 Å². The smallest absolute Gasteiger partial charge is 0.277 e. The summed E-state index contributed by atoms with van der Waals surface area (Å²) in [6, 6.07) is 14.0. The van der Waals surface area contributed by atoms with Gasteiger partial charge in [0.15, 0.2) is 6.61 Å². The average Bonchev–Trinajstić information content (AvgIpc) is 2.69. The molecule has 4 aliphatic rings. The summed E-state index contributed by atoms with van der Waals surface area (Å²) in [5, 5.41) is 6.78. The highest BCUT2D eigenvalue weighted by molar-refractivity contribution is 5.90. The van der Waals surface area contributed by atoms with Crippen molar-refractivity contribution in [2.24, 2.45) is 28.3 Å². The van der Waals surface area contributed by atoms with E-state index in [4.69, 9.17) is 4.74 Å². The molecule has 4 heteroatoms. The van der Waals surface area contributed by atoms with Gasteiger partial charge in [0.2, 0.25) is 0 Å². The summed E-state index contributed by atoms with van der Waals surface area (Å²) in [5.41, 5.74) is 4.09. The van der Waals surface area contributed by atoms with Gasteiger partial charge in [-0.25, -0.2) is 5.43 Å². The lowest BCUT2D eigenvalue weighted by molar-refractivity contribution is -0.123. The van der Waals surface area contributed by atoms with Gasteiger partial charge in [0.05, 0.1) is 0 Å². The van der Waals surface area contributed by atoms with Crippen molar-refractivity contribution in [2.45, 2.75) is 45.4 Å². The fourth-order valence-corrected chi connectivity index (χ4v) is 6.26. The third-order valence-electron chi connectivity index (χ3n) is 7.24. The van der Waals surface area contributed by atoms with Gasteiger partial charge >= 0.3 is 0 Å². The monoisotopic (exact) mass is 376 g/mol. The summed E-state index contributed by atoms with van der Waals surface area (Å²) in [4.78, 5) is 12.3. The Balaban J connectivity index is 1.20. The van der Waals surface area contributed by atoms with Crippen molar-refractivity contribution in [3.63, 3.8) is 0 Å². The maximum atomic E-state index is 12.3. The van der Waals surface area contributed by atoms with Crippen molar-refractivity contribution in [2.75, 3.05) is 6.61 Å². The summed E-state index contributed by atoms with van der Waals surface area (Å²) in [6.45, 7) is 2.09. The molecule has 0 aliphatic heterocycles. The fraction of sp³-hybridized carbons (Fsp3) is 0.500. The lowest BCUT2D eigenvalue weighted by atomic mass is 9.48. The number of amides is 1. The van der Waals surface area contributed by atoms with Crippen LogP contribution in [-0.4, -0.2) is 18.2 Å². The van der Waals surface area contributed by atoms with E-state index in [1.807, 2.05) is 36.4 Å². The molecule has 0 aromatic heterocycles.